The molecule has 0 aliphatic carbocycles. The van der Waals surface area contributed by atoms with Gasteiger partial charge in [-0.1, -0.05) is 52.4 Å². The highest BCUT2D eigenvalue weighted by molar-refractivity contribution is 4.73. The van der Waals surface area contributed by atoms with Crippen LogP contribution in [0.3, 0.4) is 0 Å². The van der Waals surface area contributed by atoms with Gasteiger partial charge in [0.1, 0.15) is 0 Å². The molecule has 0 aromatic carbocycles. The zero-order valence-electron chi connectivity index (χ0n) is 18.6. The lowest BCUT2D eigenvalue weighted by Gasteiger charge is -2.39. The maximum Gasteiger partial charge on any atom is 0.285 e. The van der Waals surface area contributed by atoms with Crippen LogP contribution in [0.2, 0.25) is 0 Å². The van der Waals surface area contributed by atoms with E-state index in [4.69, 9.17) is 14.2 Å². The lowest BCUT2D eigenvalue weighted by molar-refractivity contribution is -0.403. The number of hydrogen-bond acceptors (Lipinski definition) is 4. The fraction of sp³-hybridized carbons (Fsp3) is 1.00. The summed E-state index contributed by atoms with van der Waals surface area (Å²) in [7, 11) is 2.18. The molecular weight excluding hydrogens is 326 g/mol. The molecule has 0 heterocycles. The van der Waals surface area contributed by atoms with Crippen molar-refractivity contribution in [3.8, 4) is 0 Å². The summed E-state index contributed by atoms with van der Waals surface area (Å²) >= 11 is 0. The largest absolute Gasteiger partial charge is 0.328 e. The van der Waals surface area contributed by atoms with Gasteiger partial charge >= 0.3 is 0 Å². The molecule has 4 nitrogen and oxygen atoms in total. The molecule has 1 atom stereocenters. The minimum Gasteiger partial charge on any atom is -0.328 e. The minimum atomic E-state index is -0.869. The molecule has 0 aliphatic heterocycles. The van der Waals surface area contributed by atoms with E-state index < -0.39 is 5.97 Å². The Labute approximate surface area is 164 Å². The summed E-state index contributed by atoms with van der Waals surface area (Å²) < 4.78 is 18.3. The Morgan fingerprint density at radius 1 is 0.692 bits per heavy atom. The molecule has 0 saturated heterocycles. The topological polar surface area (TPSA) is 30.9 Å². The summed E-state index contributed by atoms with van der Waals surface area (Å²) in [5.41, 5.74) is 0. The molecule has 1 unspecified atom stereocenters. The van der Waals surface area contributed by atoms with Crippen molar-refractivity contribution in [1.82, 2.24) is 4.90 Å². The number of unbranched alkanes of at least 4 members (excludes halogenated alkanes) is 5. The second kappa shape index (κ2) is 17.0. The highest BCUT2D eigenvalue weighted by Crippen LogP contribution is 2.34. The lowest BCUT2D eigenvalue weighted by Crippen LogP contribution is -2.47. The fourth-order valence-corrected chi connectivity index (χ4v) is 3.52. The Balaban J connectivity index is 4.85. The smallest absolute Gasteiger partial charge is 0.285 e. The van der Waals surface area contributed by atoms with Gasteiger partial charge in [0.2, 0.25) is 0 Å². The van der Waals surface area contributed by atoms with E-state index in [9.17, 15) is 0 Å². The van der Waals surface area contributed by atoms with E-state index in [1.54, 1.807) is 0 Å². The van der Waals surface area contributed by atoms with E-state index in [1.165, 1.54) is 38.5 Å². The van der Waals surface area contributed by atoms with Gasteiger partial charge in [-0.05, 0) is 60.2 Å². The quantitative estimate of drug-likeness (QED) is 0.210. The molecule has 0 aliphatic rings. The van der Waals surface area contributed by atoms with Crippen LogP contribution in [-0.2, 0) is 14.2 Å². The molecule has 0 N–H and O–H groups in total. The number of ether oxygens (including phenoxy) is 3. The molecule has 0 radical (unpaired) electrons. The van der Waals surface area contributed by atoms with Crippen molar-refractivity contribution < 1.29 is 14.2 Å². The van der Waals surface area contributed by atoms with Crippen LogP contribution in [0.4, 0.5) is 0 Å². The summed E-state index contributed by atoms with van der Waals surface area (Å²) in [5.74, 6) is -0.578. The van der Waals surface area contributed by atoms with Gasteiger partial charge in [-0.25, -0.2) is 0 Å². The molecule has 158 valence electrons. The van der Waals surface area contributed by atoms with Gasteiger partial charge in [-0.3, -0.25) is 0 Å². The number of rotatable bonds is 19. The van der Waals surface area contributed by atoms with Crippen molar-refractivity contribution in [2.24, 2.45) is 5.92 Å². The highest BCUT2D eigenvalue weighted by Gasteiger charge is 2.41. The first-order chi connectivity index (χ1) is 12.6. The van der Waals surface area contributed by atoms with E-state index in [-0.39, 0.29) is 0 Å². The molecule has 0 fully saturated rings. The van der Waals surface area contributed by atoms with Crippen molar-refractivity contribution in [3.63, 3.8) is 0 Å². The van der Waals surface area contributed by atoms with Crippen LogP contribution in [0.1, 0.15) is 92.4 Å². The Kier molecular flexibility index (Phi) is 16.9. The molecule has 0 rings (SSSR count). The first-order valence-electron chi connectivity index (χ1n) is 11.2. The predicted molar refractivity (Wildman–Crippen MR) is 111 cm³/mol. The highest BCUT2D eigenvalue weighted by atomic mass is 16.9. The number of hydrogen-bond donors (Lipinski definition) is 0. The zero-order chi connectivity index (χ0) is 19.7. The second-order valence-corrected chi connectivity index (χ2v) is 7.19. The van der Waals surface area contributed by atoms with Crippen LogP contribution in [0, 0.1) is 5.92 Å². The summed E-state index contributed by atoms with van der Waals surface area (Å²) in [6, 6.07) is 0. The molecule has 0 spiro atoms. The zero-order valence-corrected chi connectivity index (χ0v) is 18.6. The van der Waals surface area contributed by atoms with E-state index in [0.29, 0.717) is 25.7 Å². The van der Waals surface area contributed by atoms with Gasteiger partial charge in [-0.2, -0.15) is 0 Å². The Morgan fingerprint density at radius 2 is 1.19 bits per heavy atom. The summed E-state index contributed by atoms with van der Waals surface area (Å²) in [4.78, 5) is 2.37. The van der Waals surface area contributed by atoms with Crippen molar-refractivity contribution in [1.29, 1.82) is 0 Å². The standard InChI is InChI=1S/C22H47NO3/c1-7-12-13-14-15-16-18-21(19-17-20-23(6)8-2)22(24-9-3,25-10-4)26-11-5/h21H,7-20H2,1-6H3. The summed E-state index contributed by atoms with van der Waals surface area (Å²) in [6.45, 7) is 14.6. The van der Waals surface area contributed by atoms with Crippen LogP contribution in [0.5, 0.6) is 0 Å². The number of nitrogens with zero attached hydrogens (tertiary/aromatic N) is 1. The maximum atomic E-state index is 6.09. The third kappa shape index (κ3) is 10.9. The Bertz CT molecular complexity index is 282. The Hall–Kier alpha value is -0.160. The third-order valence-corrected chi connectivity index (χ3v) is 5.07. The van der Waals surface area contributed by atoms with Crippen molar-refractivity contribution in [2.45, 2.75) is 98.4 Å². The van der Waals surface area contributed by atoms with E-state index in [1.807, 2.05) is 20.8 Å². The fourth-order valence-electron chi connectivity index (χ4n) is 3.52. The molecule has 4 heteroatoms. The van der Waals surface area contributed by atoms with E-state index in [2.05, 4.69) is 25.8 Å². The molecule has 0 aromatic rings. The van der Waals surface area contributed by atoms with E-state index in [0.717, 1.165) is 32.4 Å². The normalized spacial score (nSPS) is 13.5. The summed E-state index contributed by atoms with van der Waals surface area (Å²) in [6.07, 6.45) is 11.2. The van der Waals surface area contributed by atoms with Crippen molar-refractivity contribution in [2.75, 3.05) is 40.0 Å². The molecule has 0 saturated carbocycles. The summed E-state index contributed by atoms with van der Waals surface area (Å²) in [5, 5.41) is 0. The molecule has 0 aromatic heterocycles. The SMILES string of the molecule is CCCCCCCCC(CCCN(C)CC)C(OCC)(OCC)OCC. The molecular formula is C22H47NO3. The minimum absolute atomic E-state index is 0.291. The average Bonchev–Trinajstić information content (AvgIpc) is 2.63. The van der Waals surface area contributed by atoms with Gasteiger partial charge in [0, 0.05) is 25.7 Å². The van der Waals surface area contributed by atoms with E-state index >= 15 is 0 Å². The van der Waals surface area contributed by atoms with Gasteiger partial charge in [0.15, 0.2) is 0 Å². The average molecular weight is 374 g/mol. The van der Waals surface area contributed by atoms with Crippen LogP contribution in [0.25, 0.3) is 0 Å². The predicted octanol–water partition coefficient (Wildman–Crippen LogP) is 5.85. The third-order valence-electron chi connectivity index (χ3n) is 5.07. The van der Waals surface area contributed by atoms with Gasteiger partial charge in [0.25, 0.3) is 5.97 Å². The monoisotopic (exact) mass is 373 g/mol. The van der Waals surface area contributed by atoms with Gasteiger partial charge in [-0.15, -0.1) is 0 Å². The van der Waals surface area contributed by atoms with Crippen LogP contribution in [0.15, 0.2) is 0 Å². The van der Waals surface area contributed by atoms with Gasteiger partial charge < -0.3 is 19.1 Å². The van der Waals surface area contributed by atoms with Crippen molar-refractivity contribution in [3.05, 3.63) is 0 Å². The first-order valence-corrected chi connectivity index (χ1v) is 11.2. The van der Waals surface area contributed by atoms with Crippen LogP contribution >= 0.6 is 0 Å². The molecule has 26 heavy (non-hydrogen) atoms. The van der Waals surface area contributed by atoms with Crippen LogP contribution in [-0.4, -0.2) is 50.8 Å². The van der Waals surface area contributed by atoms with Crippen LogP contribution < -0.4 is 0 Å². The molecule has 0 amide bonds. The maximum absolute atomic E-state index is 6.09. The molecule has 0 bridgehead atoms. The second-order valence-electron chi connectivity index (χ2n) is 7.19. The first kappa shape index (κ1) is 25.8. The lowest BCUT2D eigenvalue weighted by atomic mass is 9.92. The van der Waals surface area contributed by atoms with Crippen molar-refractivity contribution >= 4 is 0 Å². The van der Waals surface area contributed by atoms with Gasteiger partial charge in [0.05, 0.1) is 0 Å². The Morgan fingerprint density at radius 3 is 1.69 bits per heavy atom.